The molecule has 0 aliphatic heterocycles. The zero-order valence-electron chi connectivity index (χ0n) is 14.4. The number of nitrogens with zero attached hydrogens (tertiary/aromatic N) is 2. The summed E-state index contributed by atoms with van der Waals surface area (Å²) in [4.78, 5) is 21.4. The quantitative estimate of drug-likeness (QED) is 0.596. The number of furan rings is 1. The predicted octanol–water partition coefficient (Wildman–Crippen LogP) is 4.28. The molecule has 0 atom stereocenters. The molecular formula is C20H17N3O3. The maximum absolute atomic E-state index is 12.5. The Morgan fingerprint density at radius 3 is 2.77 bits per heavy atom. The van der Waals surface area contributed by atoms with Crippen LogP contribution in [0.5, 0.6) is 0 Å². The molecule has 0 bridgehead atoms. The molecule has 0 saturated heterocycles. The lowest BCUT2D eigenvalue weighted by atomic mass is 10.1. The van der Waals surface area contributed by atoms with E-state index < -0.39 is 0 Å². The van der Waals surface area contributed by atoms with E-state index in [2.05, 4.69) is 15.3 Å². The van der Waals surface area contributed by atoms with Crippen molar-refractivity contribution in [1.82, 2.24) is 9.97 Å². The second-order valence-electron chi connectivity index (χ2n) is 6.05. The second kappa shape index (κ2) is 6.48. The number of fused-ring (bicyclic) bond motifs is 1. The Balaban J connectivity index is 1.57. The highest BCUT2D eigenvalue weighted by molar-refractivity contribution is 6.01. The Bertz CT molecular complexity index is 1080. The first-order valence-electron chi connectivity index (χ1n) is 8.26. The van der Waals surface area contributed by atoms with Crippen LogP contribution in [-0.2, 0) is 11.2 Å². The highest BCUT2D eigenvalue weighted by Crippen LogP contribution is 2.25. The van der Waals surface area contributed by atoms with Crippen molar-refractivity contribution in [2.24, 2.45) is 0 Å². The van der Waals surface area contributed by atoms with Crippen LogP contribution in [0.25, 0.3) is 22.6 Å². The number of oxazole rings is 1. The van der Waals surface area contributed by atoms with Crippen LogP contribution in [0.2, 0.25) is 0 Å². The summed E-state index contributed by atoms with van der Waals surface area (Å²) in [5, 5.41) is 3.86. The number of carbonyl (C=O) groups excluding carboxylic acids is 1. The number of carbonyl (C=O) groups is 1. The van der Waals surface area contributed by atoms with E-state index in [0.29, 0.717) is 23.1 Å². The first kappa shape index (κ1) is 16.1. The molecule has 6 heteroatoms. The molecule has 4 rings (SSSR count). The standard InChI is InChI=1S/C20H17N3O3/c1-12-10-17(14-6-3-4-7-15(14)21-12)22-19(24)11-16-13(2)26-20(23-16)18-8-5-9-25-18/h3-10H,11H2,1-2H3,(H,21,22,24). The number of aryl methyl sites for hydroxylation is 2. The number of hydrogen-bond donors (Lipinski definition) is 1. The van der Waals surface area contributed by atoms with Crippen LogP contribution in [0.1, 0.15) is 17.1 Å². The number of para-hydroxylation sites is 1. The molecule has 0 fully saturated rings. The molecule has 3 heterocycles. The van der Waals surface area contributed by atoms with Crippen molar-refractivity contribution in [3.63, 3.8) is 0 Å². The van der Waals surface area contributed by atoms with Gasteiger partial charge in [0.25, 0.3) is 5.89 Å². The molecule has 0 aliphatic rings. The molecule has 0 saturated carbocycles. The summed E-state index contributed by atoms with van der Waals surface area (Å²) < 4.78 is 10.9. The van der Waals surface area contributed by atoms with Crippen molar-refractivity contribution >= 4 is 22.5 Å². The van der Waals surface area contributed by atoms with Crippen molar-refractivity contribution in [3.8, 4) is 11.7 Å². The smallest absolute Gasteiger partial charge is 0.263 e. The van der Waals surface area contributed by atoms with Crippen LogP contribution >= 0.6 is 0 Å². The lowest BCUT2D eigenvalue weighted by molar-refractivity contribution is -0.115. The van der Waals surface area contributed by atoms with Crippen LogP contribution in [-0.4, -0.2) is 15.9 Å². The van der Waals surface area contributed by atoms with Gasteiger partial charge in [-0.1, -0.05) is 18.2 Å². The van der Waals surface area contributed by atoms with Gasteiger partial charge in [-0.05, 0) is 38.1 Å². The Kier molecular flexibility index (Phi) is 4.01. The van der Waals surface area contributed by atoms with E-state index in [1.807, 2.05) is 37.3 Å². The van der Waals surface area contributed by atoms with E-state index in [-0.39, 0.29) is 12.3 Å². The van der Waals surface area contributed by atoms with E-state index in [1.165, 1.54) is 0 Å². The highest BCUT2D eigenvalue weighted by Gasteiger charge is 2.17. The number of rotatable bonds is 4. The van der Waals surface area contributed by atoms with Gasteiger partial charge in [-0.15, -0.1) is 0 Å². The number of aromatic nitrogens is 2. The number of hydrogen-bond acceptors (Lipinski definition) is 5. The fourth-order valence-corrected chi connectivity index (χ4v) is 2.86. The Labute approximate surface area is 149 Å². The summed E-state index contributed by atoms with van der Waals surface area (Å²) in [6, 6.07) is 13.1. The molecule has 1 N–H and O–H groups in total. The molecule has 130 valence electrons. The number of pyridine rings is 1. The number of benzene rings is 1. The van der Waals surface area contributed by atoms with Crippen LogP contribution in [0.4, 0.5) is 5.69 Å². The van der Waals surface area contributed by atoms with Crippen LogP contribution < -0.4 is 5.32 Å². The summed E-state index contributed by atoms with van der Waals surface area (Å²) in [6.07, 6.45) is 1.67. The lowest BCUT2D eigenvalue weighted by Crippen LogP contribution is -2.15. The van der Waals surface area contributed by atoms with E-state index in [0.717, 1.165) is 22.3 Å². The van der Waals surface area contributed by atoms with Crippen molar-refractivity contribution in [1.29, 1.82) is 0 Å². The Morgan fingerprint density at radius 2 is 1.96 bits per heavy atom. The van der Waals surface area contributed by atoms with E-state index in [4.69, 9.17) is 8.83 Å². The van der Waals surface area contributed by atoms with Crippen LogP contribution in [0.3, 0.4) is 0 Å². The van der Waals surface area contributed by atoms with Gasteiger partial charge >= 0.3 is 0 Å². The third-order valence-electron chi connectivity index (χ3n) is 4.07. The molecule has 0 spiro atoms. The van der Waals surface area contributed by atoms with Gasteiger partial charge in [0, 0.05) is 11.1 Å². The minimum atomic E-state index is -0.164. The molecule has 0 radical (unpaired) electrons. The van der Waals surface area contributed by atoms with Gasteiger partial charge in [0.1, 0.15) is 5.76 Å². The molecule has 0 aliphatic carbocycles. The fraction of sp³-hybridized carbons (Fsp3) is 0.150. The van der Waals surface area contributed by atoms with E-state index in [9.17, 15) is 4.79 Å². The van der Waals surface area contributed by atoms with E-state index in [1.54, 1.807) is 25.3 Å². The van der Waals surface area contributed by atoms with Crippen molar-refractivity contribution < 1.29 is 13.6 Å². The lowest BCUT2D eigenvalue weighted by Gasteiger charge is -2.09. The maximum Gasteiger partial charge on any atom is 0.263 e. The van der Waals surface area contributed by atoms with Gasteiger partial charge in [0.2, 0.25) is 5.91 Å². The monoisotopic (exact) mass is 347 g/mol. The molecule has 3 aromatic heterocycles. The van der Waals surface area contributed by atoms with Gasteiger partial charge in [-0.25, -0.2) is 4.98 Å². The largest absolute Gasteiger partial charge is 0.459 e. The van der Waals surface area contributed by atoms with Gasteiger partial charge in [-0.3, -0.25) is 9.78 Å². The first-order chi connectivity index (χ1) is 12.6. The average molecular weight is 347 g/mol. The minimum Gasteiger partial charge on any atom is -0.459 e. The summed E-state index contributed by atoms with van der Waals surface area (Å²) in [5.41, 5.74) is 3.02. The molecule has 26 heavy (non-hydrogen) atoms. The van der Waals surface area contributed by atoms with E-state index >= 15 is 0 Å². The highest BCUT2D eigenvalue weighted by atomic mass is 16.4. The summed E-state index contributed by atoms with van der Waals surface area (Å²) in [7, 11) is 0. The third kappa shape index (κ3) is 3.09. The Hall–Kier alpha value is -3.41. The SMILES string of the molecule is Cc1cc(NC(=O)Cc2nc(-c3ccco3)oc2C)c2ccccc2n1. The maximum atomic E-state index is 12.5. The van der Waals surface area contributed by atoms with Crippen LogP contribution in [0.15, 0.2) is 57.6 Å². The number of anilines is 1. The zero-order valence-corrected chi connectivity index (χ0v) is 14.4. The molecule has 1 amide bonds. The average Bonchev–Trinajstić information content (AvgIpc) is 3.25. The van der Waals surface area contributed by atoms with Crippen molar-refractivity contribution in [2.75, 3.05) is 5.32 Å². The molecule has 0 unspecified atom stereocenters. The van der Waals surface area contributed by atoms with Gasteiger partial charge in [0.15, 0.2) is 5.76 Å². The predicted molar refractivity (Wildman–Crippen MR) is 97.8 cm³/mol. The van der Waals surface area contributed by atoms with Gasteiger partial charge in [0.05, 0.1) is 29.6 Å². The second-order valence-corrected chi connectivity index (χ2v) is 6.05. The zero-order chi connectivity index (χ0) is 18.1. The molecule has 4 aromatic rings. The minimum absolute atomic E-state index is 0.117. The normalized spacial score (nSPS) is 11.0. The molecular weight excluding hydrogens is 330 g/mol. The fourth-order valence-electron chi connectivity index (χ4n) is 2.86. The van der Waals surface area contributed by atoms with Crippen molar-refractivity contribution in [2.45, 2.75) is 20.3 Å². The molecule has 6 nitrogen and oxygen atoms in total. The number of amides is 1. The summed E-state index contributed by atoms with van der Waals surface area (Å²) in [5.74, 6) is 1.35. The summed E-state index contributed by atoms with van der Waals surface area (Å²) >= 11 is 0. The topological polar surface area (TPSA) is 81.2 Å². The Morgan fingerprint density at radius 1 is 1.12 bits per heavy atom. The van der Waals surface area contributed by atoms with Gasteiger partial charge < -0.3 is 14.2 Å². The third-order valence-corrected chi connectivity index (χ3v) is 4.07. The first-order valence-corrected chi connectivity index (χ1v) is 8.26. The number of nitrogens with one attached hydrogen (secondary N) is 1. The van der Waals surface area contributed by atoms with Crippen LogP contribution in [0, 0.1) is 13.8 Å². The van der Waals surface area contributed by atoms with Gasteiger partial charge in [-0.2, -0.15) is 0 Å². The summed E-state index contributed by atoms with van der Waals surface area (Å²) in [6.45, 7) is 3.69. The molecule has 1 aromatic carbocycles. The van der Waals surface area contributed by atoms with Crippen molar-refractivity contribution in [3.05, 3.63) is 65.9 Å².